The Morgan fingerprint density at radius 2 is 1.50 bits per heavy atom. The summed E-state index contributed by atoms with van der Waals surface area (Å²) in [6.07, 6.45) is 1.04. The SMILES string of the molecule is CC(C)Cc1ccc(C(C)C(=O)Nc2ccc(C(=O)N(C)C)cc2)cc1. The van der Waals surface area contributed by atoms with E-state index >= 15 is 0 Å². The summed E-state index contributed by atoms with van der Waals surface area (Å²) in [5.74, 6) is 0.251. The van der Waals surface area contributed by atoms with Crippen LogP contribution >= 0.6 is 0 Å². The smallest absolute Gasteiger partial charge is 0.253 e. The Morgan fingerprint density at radius 3 is 2.00 bits per heavy atom. The topological polar surface area (TPSA) is 49.4 Å². The van der Waals surface area contributed by atoms with Crippen molar-refractivity contribution < 1.29 is 9.59 Å². The third-order valence-electron chi connectivity index (χ3n) is 4.32. The lowest BCUT2D eigenvalue weighted by Crippen LogP contribution is -2.22. The molecule has 0 aliphatic rings. The summed E-state index contributed by atoms with van der Waals surface area (Å²) in [5.41, 5.74) is 3.57. The van der Waals surface area contributed by atoms with Crippen molar-refractivity contribution in [3.63, 3.8) is 0 Å². The molecule has 2 aromatic carbocycles. The summed E-state index contributed by atoms with van der Waals surface area (Å²) < 4.78 is 0. The van der Waals surface area contributed by atoms with Crippen LogP contribution in [0.3, 0.4) is 0 Å². The van der Waals surface area contributed by atoms with E-state index in [-0.39, 0.29) is 17.7 Å². The van der Waals surface area contributed by atoms with Gasteiger partial charge in [-0.05, 0) is 54.7 Å². The maximum atomic E-state index is 12.5. The summed E-state index contributed by atoms with van der Waals surface area (Å²) in [4.78, 5) is 25.9. The summed E-state index contributed by atoms with van der Waals surface area (Å²) in [6, 6.07) is 15.2. The Balaban J connectivity index is 2.01. The number of carbonyl (C=O) groups is 2. The van der Waals surface area contributed by atoms with Crippen molar-refractivity contribution in [1.82, 2.24) is 4.90 Å². The minimum Gasteiger partial charge on any atom is -0.345 e. The molecule has 1 unspecified atom stereocenters. The largest absolute Gasteiger partial charge is 0.345 e. The molecule has 0 spiro atoms. The lowest BCUT2D eigenvalue weighted by Gasteiger charge is -2.14. The number of nitrogens with one attached hydrogen (secondary N) is 1. The van der Waals surface area contributed by atoms with Gasteiger partial charge in [-0.2, -0.15) is 0 Å². The predicted octanol–water partition coefficient (Wildman–Crippen LogP) is 4.33. The maximum Gasteiger partial charge on any atom is 0.253 e. The second-order valence-corrected chi connectivity index (χ2v) is 7.33. The predicted molar refractivity (Wildman–Crippen MR) is 106 cm³/mol. The van der Waals surface area contributed by atoms with Gasteiger partial charge in [0.25, 0.3) is 5.91 Å². The fourth-order valence-corrected chi connectivity index (χ4v) is 2.77. The van der Waals surface area contributed by atoms with Crippen LogP contribution in [0.4, 0.5) is 5.69 Å². The maximum absolute atomic E-state index is 12.5. The van der Waals surface area contributed by atoms with Crippen LogP contribution in [0, 0.1) is 5.92 Å². The highest BCUT2D eigenvalue weighted by atomic mass is 16.2. The first-order chi connectivity index (χ1) is 12.3. The van der Waals surface area contributed by atoms with E-state index in [9.17, 15) is 9.59 Å². The first-order valence-corrected chi connectivity index (χ1v) is 8.99. The molecule has 0 heterocycles. The lowest BCUT2D eigenvalue weighted by atomic mass is 9.96. The van der Waals surface area contributed by atoms with Crippen LogP contribution in [-0.2, 0) is 11.2 Å². The molecular formula is C22H28N2O2. The Hall–Kier alpha value is -2.62. The summed E-state index contributed by atoms with van der Waals surface area (Å²) >= 11 is 0. The molecule has 2 rings (SSSR count). The Kier molecular flexibility index (Phi) is 6.56. The molecule has 2 amide bonds. The molecule has 138 valence electrons. The molecule has 0 bridgehead atoms. The molecule has 0 fully saturated rings. The highest BCUT2D eigenvalue weighted by Gasteiger charge is 2.16. The number of rotatable bonds is 6. The van der Waals surface area contributed by atoms with Crippen molar-refractivity contribution >= 4 is 17.5 Å². The second kappa shape index (κ2) is 8.65. The summed E-state index contributed by atoms with van der Waals surface area (Å²) in [6.45, 7) is 6.29. The third kappa shape index (κ3) is 5.19. The van der Waals surface area contributed by atoms with Crippen molar-refractivity contribution in [2.75, 3.05) is 19.4 Å². The van der Waals surface area contributed by atoms with Gasteiger partial charge in [0, 0.05) is 25.3 Å². The third-order valence-corrected chi connectivity index (χ3v) is 4.32. The van der Waals surface area contributed by atoms with Gasteiger partial charge in [-0.25, -0.2) is 0 Å². The van der Waals surface area contributed by atoms with E-state index in [2.05, 4.69) is 31.3 Å². The number of hydrogen-bond acceptors (Lipinski definition) is 2. The molecular weight excluding hydrogens is 324 g/mol. The molecule has 4 heteroatoms. The average Bonchev–Trinajstić information content (AvgIpc) is 2.61. The van der Waals surface area contributed by atoms with E-state index < -0.39 is 0 Å². The van der Waals surface area contributed by atoms with E-state index in [1.807, 2.05) is 19.1 Å². The number of carbonyl (C=O) groups excluding carboxylic acids is 2. The summed E-state index contributed by atoms with van der Waals surface area (Å²) in [7, 11) is 3.43. The van der Waals surface area contributed by atoms with Crippen LogP contribution in [0.5, 0.6) is 0 Å². The zero-order valence-corrected chi connectivity index (χ0v) is 16.2. The van der Waals surface area contributed by atoms with Crippen LogP contribution in [0.25, 0.3) is 0 Å². The Bertz CT molecular complexity index is 747. The summed E-state index contributed by atoms with van der Waals surface area (Å²) in [5, 5.41) is 2.92. The molecule has 1 N–H and O–H groups in total. The van der Waals surface area contributed by atoms with Crippen molar-refractivity contribution in [1.29, 1.82) is 0 Å². The lowest BCUT2D eigenvalue weighted by molar-refractivity contribution is -0.117. The van der Waals surface area contributed by atoms with Crippen molar-refractivity contribution in [3.05, 3.63) is 65.2 Å². The monoisotopic (exact) mass is 352 g/mol. The van der Waals surface area contributed by atoms with Crippen molar-refractivity contribution in [2.24, 2.45) is 5.92 Å². The normalized spacial score (nSPS) is 11.9. The molecule has 0 aliphatic heterocycles. The van der Waals surface area contributed by atoms with Gasteiger partial charge in [0.2, 0.25) is 5.91 Å². The van der Waals surface area contributed by atoms with Crippen LogP contribution in [0.15, 0.2) is 48.5 Å². The van der Waals surface area contributed by atoms with Crippen LogP contribution in [0.2, 0.25) is 0 Å². The number of benzene rings is 2. The minimum atomic E-state index is -0.244. The van der Waals surface area contributed by atoms with E-state index in [4.69, 9.17) is 0 Å². The van der Waals surface area contributed by atoms with Crippen LogP contribution in [-0.4, -0.2) is 30.8 Å². The van der Waals surface area contributed by atoms with Gasteiger partial charge in [0.05, 0.1) is 5.92 Å². The van der Waals surface area contributed by atoms with E-state index in [1.54, 1.807) is 38.4 Å². The van der Waals surface area contributed by atoms with Gasteiger partial charge >= 0.3 is 0 Å². The van der Waals surface area contributed by atoms with Gasteiger partial charge in [-0.15, -0.1) is 0 Å². The quantitative estimate of drug-likeness (QED) is 0.841. The molecule has 1 atom stereocenters. The Labute approximate surface area is 156 Å². The van der Waals surface area contributed by atoms with Crippen LogP contribution < -0.4 is 5.32 Å². The second-order valence-electron chi connectivity index (χ2n) is 7.33. The standard InChI is InChI=1S/C22H28N2O2/c1-15(2)14-17-6-8-18(9-7-17)16(3)21(25)23-20-12-10-19(11-13-20)22(26)24(4)5/h6-13,15-16H,14H2,1-5H3,(H,23,25). The van der Waals surface area contributed by atoms with E-state index in [0.717, 1.165) is 12.0 Å². The minimum absolute atomic E-state index is 0.0577. The molecule has 0 saturated heterocycles. The number of nitrogens with zero attached hydrogens (tertiary/aromatic N) is 1. The van der Waals surface area contributed by atoms with Gasteiger partial charge in [-0.1, -0.05) is 38.1 Å². The molecule has 4 nitrogen and oxygen atoms in total. The van der Waals surface area contributed by atoms with Gasteiger partial charge < -0.3 is 10.2 Å². The molecule has 0 aromatic heterocycles. The van der Waals surface area contributed by atoms with Gasteiger partial charge in [0.15, 0.2) is 0 Å². The number of amides is 2. The molecule has 0 radical (unpaired) electrons. The Morgan fingerprint density at radius 1 is 0.923 bits per heavy atom. The number of anilines is 1. The van der Waals surface area contributed by atoms with Crippen molar-refractivity contribution in [2.45, 2.75) is 33.1 Å². The number of hydrogen-bond donors (Lipinski definition) is 1. The van der Waals surface area contributed by atoms with Crippen molar-refractivity contribution in [3.8, 4) is 0 Å². The molecule has 0 saturated carbocycles. The molecule has 2 aromatic rings. The fraction of sp³-hybridized carbons (Fsp3) is 0.364. The first-order valence-electron chi connectivity index (χ1n) is 8.99. The van der Waals surface area contributed by atoms with Gasteiger partial charge in [0.1, 0.15) is 0 Å². The molecule has 26 heavy (non-hydrogen) atoms. The van der Waals surface area contributed by atoms with Crippen LogP contribution in [0.1, 0.15) is 48.2 Å². The average molecular weight is 352 g/mol. The molecule has 0 aliphatic carbocycles. The van der Waals surface area contributed by atoms with E-state index in [1.165, 1.54) is 10.5 Å². The fourth-order valence-electron chi connectivity index (χ4n) is 2.77. The highest BCUT2D eigenvalue weighted by molar-refractivity contribution is 5.97. The van der Waals surface area contributed by atoms with E-state index in [0.29, 0.717) is 17.2 Å². The zero-order valence-electron chi connectivity index (χ0n) is 16.2. The van der Waals surface area contributed by atoms with Gasteiger partial charge in [-0.3, -0.25) is 9.59 Å². The first kappa shape index (κ1) is 19.7. The zero-order chi connectivity index (χ0) is 19.3. The highest BCUT2D eigenvalue weighted by Crippen LogP contribution is 2.20.